The Morgan fingerprint density at radius 2 is 2.16 bits per heavy atom. The molecule has 0 fully saturated rings. The first-order valence-corrected chi connectivity index (χ1v) is 6.18. The van der Waals surface area contributed by atoms with Gasteiger partial charge in [-0.05, 0) is 36.8 Å². The molecule has 0 saturated heterocycles. The van der Waals surface area contributed by atoms with Crippen molar-refractivity contribution >= 4 is 17.3 Å². The third kappa shape index (κ3) is 2.11. The van der Waals surface area contributed by atoms with Crippen molar-refractivity contribution in [3.05, 3.63) is 53.4 Å². The number of hydrogen-bond acceptors (Lipinski definition) is 3. The first kappa shape index (κ1) is 11.9. The lowest BCUT2D eigenvalue weighted by Crippen LogP contribution is -1.95. The SMILES string of the molecule is Cc1ccc(-n2cc(N)c(-c3ccco3)n2)cc1Cl. The molecular weight excluding hydrogens is 262 g/mol. The van der Waals surface area contributed by atoms with Crippen LogP contribution in [0.1, 0.15) is 5.56 Å². The molecule has 0 bridgehead atoms. The van der Waals surface area contributed by atoms with Gasteiger partial charge in [0.15, 0.2) is 11.5 Å². The fourth-order valence-electron chi connectivity index (χ4n) is 1.85. The minimum absolute atomic E-state index is 0.562. The summed E-state index contributed by atoms with van der Waals surface area (Å²) in [5.74, 6) is 0.648. The zero-order chi connectivity index (χ0) is 13.4. The summed E-state index contributed by atoms with van der Waals surface area (Å²) in [5.41, 5.74) is 9.04. The van der Waals surface area contributed by atoms with Crippen molar-refractivity contribution in [1.82, 2.24) is 9.78 Å². The van der Waals surface area contributed by atoms with Gasteiger partial charge in [-0.1, -0.05) is 17.7 Å². The van der Waals surface area contributed by atoms with Gasteiger partial charge >= 0.3 is 0 Å². The van der Waals surface area contributed by atoms with E-state index in [0.29, 0.717) is 22.2 Å². The molecule has 96 valence electrons. The van der Waals surface area contributed by atoms with Crippen LogP contribution < -0.4 is 5.73 Å². The number of rotatable bonds is 2. The second-order valence-electron chi connectivity index (χ2n) is 4.29. The van der Waals surface area contributed by atoms with E-state index in [1.54, 1.807) is 23.2 Å². The molecular formula is C14H12ClN3O. The van der Waals surface area contributed by atoms with Crippen LogP contribution in [-0.2, 0) is 0 Å². The molecule has 0 amide bonds. The van der Waals surface area contributed by atoms with Gasteiger partial charge in [0.2, 0.25) is 0 Å². The second-order valence-corrected chi connectivity index (χ2v) is 4.70. The predicted octanol–water partition coefficient (Wildman–Crippen LogP) is 3.68. The molecule has 2 heterocycles. The van der Waals surface area contributed by atoms with Gasteiger partial charge in [-0.2, -0.15) is 5.10 Å². The molecule has 0 radical (unpaired) electrons. The molecule has 4 nitrogen and oxygen atoms in total. The van der Waals surface area contributed by atoms with Crippen molar-refractivity contribution in [3.8, 4) is 17.1 Å². The van der Waals surface area contributed by atoms with Crippen LogP contribution in [0, 0.1) is 6.92 Å². The number of nitrogens with zero attached hydrogens (tertiary/aromatic N) is 2. The Bertz CT molecular complexity index is 716. The second kappa shape index (κ2) is 4.48. The summed E-state index contributed by atoms with van der Waals surface area (Å²) in [6, 6.07) is 9.37. The molecule has 1 aromatic carbocycles. The molecule has 19 heavy (non-hydrogen) atoms. The number of furan rings is 1. The molecule has 0 unspecified atom stereocenters. The average Bonchev–Trinajstić information content (AvgIpc) is 3.01. The molecule has 2 aromatic heterocycles. The minimum atomic E-state index is 0.562. The standard InChI is InChI=1S/C14H12ClN3O/c1-9-4-5-10(7-11(9)15)18-8-12(16)14(17-18)13-3-2-6-19-13/h2-8H,16H2,1H3. The number of nitrogens with two attached hydrogens (primary N) is 1. The fourth-order valence-corrected chi connectivity index (χ4v) is 2.02. The van der Waals surface area contributed by atoms with Crippen molar-refractivity contribution in [2.75, 3.05) is 5.73 Å². The highest BCUT2D eigenvalue weighted by Crippen LogP contribution is 2.26. The summed E-state index contributed by atoms with van der Waals surface area (Å²) in [6.07, 6.45) is 3.34. The summed E-state index contributed by atoms with van der Waals surface area (Å²) < 4.78 is 7.00. The van der Waals surface area contributed by atoms with E-state index in [0.717, 1.165) is 11.3 Å². The lowest BCUT2D eigenvalue weighted by atomic mass is 10.2. The molecule has 0 atom stereocenters. The van der Waals surface area contributed by atoms with Gasteiger partial charge in [0.05, 0.1) is 23.8 Å². The fraction of sp³-hybridized carbons (Fsp3) is 0.0714. The van der Waals surface area contributed by atoms with Crippen molar-refractivity contribution in [2.24, 2.45) is 0 Å². The van der Waals surface area contributed by atoms with E-state index in [2.05, 4.69) is 5.10 Å². The van der Waals surface area contributed by atoms with E-state index in [9.17, 15) is 0 Å². The van der Waals surface area contributed by atoms with Crippen LogP contribution in [0.25, 0.3) is 17.1 Å². The van der Waals surface area contributed by atoms with Crippen LogP contribution in [0.4, 0.5) is 5.69 Å². The Morgan fingerprint density at radius 3 is 2.84 bits per heavy atom. The lowest BCUT2D eigenvalue weighted by molar-refractivity contribution is 0.579. The molecule has 0 aliphatic rings. The summed E-state index contributed by atoms with van der Waals surface area (Å²) in [7, 11) is 0. The van der Waals surface area contributed by atoms with E-state index >= 15 is 0 Å². The maximum absolute atomic E-state index is 6.12. The maximum Gasteiger partial charge on any atom is 0.156 e. The largest absolute Gasteiger partial charge is 0.463 e. The number of halogens is 1. The molecule has 3 rings (SSSR count). The molecule has 0 saturated carbocycles. The quantitative estimate of drug-likeness (QED) is 0.775. The predicted molar refractivity (Wildman–Crippen MR) is 75.4 cm³/mol. The molecule has 2 N–H and O–H groups in total. The van der Waals surface area contributed by atoms with Crippen molar-refractivity contribution in [1.29, 1.82) is 0 Å². The Labute approximate surface area is 115 Å². The van der Waals surface area contributed by atoms with Gasteiger partial charge in [0.25, 0.3) is 0 Å². The third-order valence-corrected chi connectivity index (χ3v) is 3.32. The number of hydrogen-bond donors (Lipinski definition) is 1. The van der Waals surface area contributed by atoms with Crippen LogP contribution >= 0.6 is 11.6 Å². The van der Waals surface area contributed by atoms with Crippen molar-refractivity contribution in [3.63, 3.8) is 0 Å². The smallest absolute Gasteiger partial charge is 0.156 e. The van der Waals surface area contributed by atoms with Gasteiger partial charge in [-0.25, -0.2) is 4.68 Å². The highest BCUT2D eigenvalue weighted by Gasteiger charge is 2.12. The maximum atomic E-state index is 6.12. The Morgan fingerprint density at radius 1 is 1.32 bits per heavy atom. The molecule has 5 heteroatoms. The third-order valence-electron chi connectivity index (χ3n) is 2.92. The Balaban J connectivity index is 2.07. The van der Waals surface area contributed by atoms with Crippen LogP contribution in [-0.4, -0.2) is 9.78 Å². The zero-order valence-electron chi connectivity index (χ0n) is 10.3. The molecule has 0 spiro atoms. The Kier molecular flexibility index (Phi) is 2.80. The van der Waals surface area contributed by atoms with Crippen LogP contribution in [0.15, 0.2) is 47.2 Å². The highest BCUT2D eigenvalue weighted by molar-refractivity contribution is 6.31. The van der Waals surface area contributed by atoms with Crippen molar-refractivity contribution < 1.29 is 4.42 Å². The lowest BCUT2D eigenvalue weighted by Gasteiger charge is -2.03. The number of aromatic nitrogens is 2. The van der Waals surface area contributed by atoms with Crippen LogP contribution in [0.3, 0.4) is 0 Å². The number of benzene rings is 1. The number of nitrogen functional groups attached to an aromatic ring is 1. The topological polar surface area (TPSA) is 57.0 Å². The number of aryl methyl sites for hydroxylation is 1. The summed E-state index contributed by atoms with van der Waals surface area (Å²) in [6.45, 7) is 1.96. The van der Waals surface area contributed by atoms with Gasteiger partial charge in [0, 0.05) is 5.02 Å². The van der Waals surface area contributed by atoms with Gasteiger partial charge in [-0.3, -0.25) is 0 Å². The van der Waals surface area contributed by atoms with Gasteiger partial charge in [0.1, 0.15) is 0 Å². The first-order chi connectivity index (χ1) is 9.15. The monoisotopic (exact) mass is 273 g/mol. The average molecular weight is 274 g/mol. The Hall–Kier alpha value is -2.20. The van der Waals surface area contributed by atoms with E-state index in [-0.39, 0.29) is 0 Å². The van der Waals surface area contributed by atoms with E-state index in [1.165, 1.54) is 0 Å². The molecule has 3 aromatic rings. The van der Waals surface area contributed by atoms with E-state index in [1.807, 2.05) is 31.2 Å². The van der Waals surface area contributed by atoms with E-state index < -0.39 is 0 Å². The number of anilines is 1. The van der Waals surface area contributed by atoms with E-state index in [4.69, 9.17) is 21.8 Å². The molecule has 0 aliphatic heterocycles. The normalized spacial score (nSPS) is 10.8. The minimum Gasteiger partial charge on any atom is -0.463 e. The summed E-state index contributed by atoms with van der Waals surface area (Å²) in [4.78, 5) is 0. The first-order valence-electron chi connectivity index (χ1n) is 5.80. The zero-order valence-corrected chi connectivity index (χ0v) is 11.1. The molecule has 0 aliphatic carbocycles. The van der Waals surface area contributed by atoms with Crippen LogP contribution in [0.5, 0.6) is 0 Å². The van der Waals surface area contributed by atoms with Crippen molar-refractivity contribution in [2.45, 2.75) is 6.92 Å². The van der Waals surface area contributed by atoms with Crippen LogP contribution in [0.2, 0.25) is 5.02 Å². The summed E-state index contributed by atoms with van der Waals surface area (Å²) in [5, 5.41) is 5.13. The highest BCUT2D eigenvalue weighted by atomic mass is 35.5. The summed E-state index contributed by atoms with van der Waals surface area (Å²) >= 11 is 6.12. The van der Waals surface area contributed by atoms with Gasteiger partial charge in [-0.15, -0.1) is 0 Å². The van der Waals surface area contributed by atoms with Gasteiger partial charge < -0.3 is 10.2 Å².